The molecule has 0 heterocycles. The highest BCUT2D eigenvalue weighted by Gasteiger charge is 2.31. The van der Waals surface area contributed by atoms with Gasteiger partial charge in [-0.1, -0.05) is 36.6 Å². The molecule has 1 aliphatic rings. The lowest BCUT2D eigenvalue weighted by Gasteiger charge is -2.28. The molecule has 5 heteroatoms. The van der Waals surface area contributed by atoms with E-state index < -0.39 is 5.97 Å². The molecule has 2 unspecified atom stereocenters. The van der Waals surface area contributed by atoms with Crippen LogP contribution in [-0.2, 0) is 4.79 Å². The lowest BCUT2D eigenvalue weighted by molar-refractivity contribution is -0.144. The van der Waals surface area contributed by atoms with Crippen molar-refractivity contribution in [1.29, 1.82) is 0 Å². The van der Waals surface area contributed by atoms with Crippen LogP contribution in [0.4, 0.5) is 0 Å². The van der Waals surface area contributed by atoms with E-state index in [1.54, 1.807) is 12.1 Å². The topological polar surface area (TPSA) is 66.4 Å². The van der Waals surface area contributed by atoms with Crippen LogP contribution in [-0.4, -0.2) is 23.5 Å². The van der Waals surface area contributed by atoms with Gasteiger partial charge in [-0.05, 0) is 37.3 Å². The molecule has 1 amide bonds. The fourth-order valence-corrected chi connectivity index (χ4v) is 3.13. The minimum atomic E-state index is -0.762. The molecule has 114 valence electrons. The zero-order valence-electron chi connectivity index (χ0n) is 12.1. The van der Waals surface area contributed by atoms with Gasteiger partial charge in [0.15, 0.2) is 0 Å². The number of amides is 1. The van der Waals surface area contributed by atoms with Crippen LogP contribution in [0.5, 0.6) is 0 Å². The van der Waals surface area contributed by atoms with E-state index >= 15 is 0 Å². The van der Waals surface area contributed by atoms with Crippen LogP contribution in [0.1, 0.15) is 41.6 Å². The maximum absolute atomic E-state index is 12.2. The molecule has 1 aromatic rings. The Morgan fingerprint density at radius 1 is 1.33 bits per heavy atom. The highest BCUT2D eigenvalue weighted by atomic mass is 35.5. The van der Waals surface area contributed by atoms with Gasteiger partial charge in [0.25, 0.3) is 5.91 Å². The van der Waals surface area contributed by atoms with Crippen molar-refractivity contribution in [3.63, 3.8) is 0 Å². The Morgan fingerprint density at radius 2 is 2.05 bits per heavy atom. The van der Waals surface area contributed by atoms with E-state index in [-0.39, 0.29) is 17.7 Å². The zero-order chi connectivity index (χ0) is 15.4. The van der Waals surface area contributed by atoms with Gasteiger partial charge in [0.1, 0.15) is 0 Å². The Labute approximate surface area is 129 Å². The predicted octanol–water partition coefficient (Wildman–Crippen LogP) is 3.27. The summed E-state index contributed by atoms with van der Waals surface area (Å²) in [4.78, 5) is 23.4. The average Bonchev–Trinajstić information content (AvgIpc) is 2.47. The first-order chi connectivity index (χ1) is 10.0. The maximum atomic E-state index is 12.2. The fraction of sp³-hybridized carbons (Fsp3) is 0.500. The highest BCUT2D eigenvalue weighted by molar-refractivity contribution is 6.34. The Hall–Kier alpha value is -1.55. The van der Waals surface area contributed by atoms with Crippen LogP contribution < -0.4 is 5.32 Å². The number of nitrogens with one attached hydrogen (secondary N) is 1. The van der Waals surface area contributed by atoms with Gasteiger partial charge in [-0.3, -0.25) is 9.59 Å². The summed E-state index contributed by atoms with van der Waals surface area (Å²) in [6.07, 6.45) is 3.51. The van der Waals surface area contributed by atoms with E-state index in [1.165, 1.54) is 0 Å². The monoisotopic (exact) mass is 309 g/mol. The van der Waals surface area contributed by atoms with E-state index in [9.17, 15) is 14.7 Å². The molecule has 1 aliphatic carbocycles. The quantitative estimate of drug-likeness (QED) is 0.897. The molecule has 0 aliphatic heterocycles. The number of hydrogen-bond acceptors (Lipinski definition) is 2. The van der Waals surface area contributed by atoms with E-state index in [0.29, 0.717) is 23.6 Å². The van der Waals surface area contributed by atoms with E-state index in [4.69, 9.17) is 11.6 Å². The van der Waals surface area contributed by atoms with Crippen LogP contribution in [0, 0.1) is 18.8 Å². The number of carboxylic acid groups (broad SMARTS) is 1. The van der Waals surface area contributed by atoms with E-state index in [0.717, 1.165) is 24.8 Å². The van der Waals surface area contributed by atoms with Crippen molar-refractivity contribution in [2.45, 2.75) is 32.6 Å². The number of halogens is 1. The largest absolute Gasteiger partial charge is 0.481 e. The van der Waals surface area contributed by atoms with Gasteiger partial charge in [-0.25, -0.2) is 0 Å². The smallest absolute Gasteiger partial charge is 0.306 e. The van der Waals surface area contributed by atoms with Crippen LogP contribution in [0.15, 0.2) is 18.2 Å². The third-order valence-electron chi connectivity index (χ3n) is 4.19. The van der Waals surface area contributed by atoms with Gasteiger partial charge in [-0.2, -0.15) is 0 Å². The molecule has 0 bridgehead atoms. The van der Waals surface area contributed by atoms with Crippen molar-refractivity contribution in [3.05, 3.63) is 34.3 Å². The molecule has 2 N–H and O–H groups in total. The van der Waals surface area contributed by atoms with Crippen LogP contribution in [0.25, 0.3) is 0 Å². The van der Waals surface area contributed by atoms with Crippen molar-refractivity contribution in [3.8, 4) is 0 Å². The second kappa shape index (κ2) is 6.94. The van der Waals surface area contributed by atoms with Crippen LogP contribution in [0.2, 0.25) is 5.02 Å². The van der Waals surface area contributed by atoms with Gasteiger partial charge in [0.2, 0.25) is 0 Å². The molecule has 1 aromatic carbocycles. The molecule has 21 heavy (non-hydrogen) atoms. The molecule has 0 saturated heterocycles. The molecule has 1 fully saturated rings. The molecule has 4 nitrogen and oxygen atoms in total. The molecule has 1 saturated carbocycles. The lowest BCUT2D eigenvalue weighted by atomic mass is 9.79. The first-order valence-corrected chi connectivity index (χ1v) is 7.64. The number of hydrogen-bond donors (Lipinski definition) is 2. The summed E-state index contributed by atoms with van der Waals surface area (Å²) >= 11 is 6.13. The number of carbonyl (C=O) groups is 2. The summed E-state index contributed by atoms with van der Waals surface area (Å²) in [7, 11) is 0. The highest BCUT2D eigenvalue weighted by Crippen LogP contribution is 2.30. The SMILES string of the molecule is Cc1cccc(C(=O)NCC2CCCCC2C(=O)O)c1Cl. The number of rotatable bonds is 4. The standard InChI is InChI=1S/C16H20ClNO3/c1-10-5-4-8-13(14(10)17)15(19)18-9-11-6-2-3-7-12(11)16(20)21/h4-5,8,11-12H,2-3,6-7,9H2,1H3,(H,18,19)(H,20,21). The average molecular weight is 310 g/mol. The Kier molecular flexibility index (Phi) is 5.23. The summed E-state index contributed by atoms with van der Waals surface area (Å²) < 4.78 is 0. The third-order valence-corrected chi connectivity index (χ3v) is 4.69. The first kappa shape index (κ1) is 15.8. The van der Waals surface area contributed by atoms with Crippen LogP contribution >= 0.6 is 11.6 Å². The fourth-order valence-electron chi connectivity index (χ4n) is 2.92. The maximum Gasteiger partial charge on any atom is 0.306 e. The summed E-state index contributed by atoms with van der Waals surface area (Å²) in [5.74, 6) is -1.35. The molecule has 0 radical (unpaired) electrons. The van der Waals surface area contributed by atoms with Gasteiger partial charge in [0.05, 0.1) is 16.5 Å². The molecular formula is C16H20ClNO3. The van der Waals surface area contributed by atoms with Gasteiger partial charge < -0.3 is 10.4 Å². The van der Waals surface area contributed by atoms with E-state index in [2.05, 4.69) is 5.32 Å². The summed E-state index contributed by atoms with van der Waals surface area (Å²) in [6.45, 7) is 2.24. The summed E-state index contributed by atoms with van der Waals surface area (Å²) in [6, 6.07) is 5.32. The van der Waals surface area contributed by atoms with Crippen molar-refractivity contribution in [1.82, 2.24) is 5.32 Å². The Bertz CT molecular complexity index is 544. The van der Waals surface area contributed by atoms with Gasteiger partial charge >= 0.3 is 5.97 Å². The molecule has 2 rings (SSSR count). The minimum absolute atomic E-state index is 0.00350. The van der Waals surface area contributed by atoms with Gasteiger partial charge in [-0.15, -0.1) is 0 Å². The normalized spacial score (nSPS) is 21.8. The second-order valence-electron chi connectivity index (χ2n) is 5.64. The first-order valence-electron chi connectivity index (χ1n) is 7.27. The Balaban J connectivity index is 2.00. The summed E-state index contributed by atoms with van der Waals surface area (Å²) in [5.41, 5.74) is 1.30. The molecule has 0 aromatic heterocycles. The van der Waals surface area contributed by atoms with Crippen molar-refractivity contribution in [2.75, 3.05) is 6.54 Å². The second-order valence-corrected chi connectivity index (χ2v) is 6.01. The van der Waals surface area contributed by atoms with Crippen molar-refractivity contribution in [2.24, 2.45) is 11.8 Å². The molecular weight excluding hydrogens is 290 g/mol. The van der Waals surface area contributed by atoms with Crippen molar-refractivity contribution < 1.29 is 14.7 Å². The zero-order valence-corrected chi connectivity index (χ0v) is 12.8. The van der Waals surface area contributed by atoms with E-state index in [1.807, 2.05) is 13.0 Å². The number of aryl methyl sites for hydroxylation is 1. The lowest BCUT2D eigenvalue weighted by Crippen LogP contribution is -2.37. The van der Waals surface area contributed by atoms with Crippen molar-refractivity contribution >= 4 is 23.5 Å². The van der Waals surface area contributed by atoms with Gasteiger partial charge in [0, 0.05) is 6.54 Å². The minimum Gasteiger partial charge on any atom is -0.481 e. The number of aliphatic carboxylic acids is 1. The Morgan fingerprint density at radius 3 is 2.76 bits per heavy atom. The predicted molar refractivity (Wildman–Crippen MR) is 81.6 cm³/mol. The molecule has 2 atom stereocenters. The van der Waals surface area contributed by atoms with Crippen LogP contribution in [0.3, 0.4) is 0 Å². The molecule has 0 spiro atoms. The number of benzene rings is 1. The number of carbonyl (C=O) groups excluding carboxylic acids is 1. The third kappa shape index (κ3) is 3.76. The number of carboxylic acids is 1. The summed E-state index contributed by atoms with van der Waals surface area (Å²) in [5, 5.41) is 12.5.